The van der Waals surface area contributed by atoms with Gasteiger partial charge in [0.15, 0.2) is 5.82 Å². The summed E-state index contributed by atoms with van der Waals surface area (Å²) in [6.07, 6.45) is 1.40. The highest BCUT2D eigenvalue weighted by Gasteiger charge is 2.32. The third-order valence-corrected chi connectivity index (χ3v) is 7.08. The summed E-state index contributed by atoms with van der Waals surface area (Å²) in [7, 11) is 0. The predicted octanol–water partition coefficient (Wildman–Crippen LogP) is 3.12. The van der Waals surface area contributed by atoms with E-state index in [-0.39, 0.29) is 23.2 Å². The number of aryl methyl sites for hydroxylation is 1. The average Bonchev–Trinajstić information content (AvgIpc) is 2.88. The van der Waals surface area contributed by atoms with E-state index in [4.69, 9.17) is 0 Å². The highest BCUT2D eigenvalue weighted by molar-refractivity contribution is 5.80. The number of rotatable bonds is 4. The van der Waals surface area contributed by atoms with Gasteiger partial charge in [0.25, 0.3) is 5.56 Å². The average molecular weight is 464 g/mol. The van der Waals surface area contributed by atoms with Crippen molar-refractivity contribution in [2.75, 3.05) is 49.1 Å². The molecule has 3 heterocycles. The van der Waals surface area contributed by atoms with Crippen LogP contribution < -0.4 is 15.4 Å². The largest absolute Gasteiger partial charge is 0.366 e. The number of piperazine rings is 1. The van der Waals surface area contributed by atoms with Gasteiger partial charge in [0.05, 0.1) is 16.7 Å². The summed E-state index contributed by atoms with van der Waals surface area (Å²) in [4.78, 5) is 36.9. The van der Waals surface area contributed by atoms with Crippen molar-refractivity contribution >= 4 is 28.4 Å². The Morgan fingerprint density at radius 2 is 1.62 bits per heavy atom. The van der Waals surface area contributed by atoms with Crippen molar-refractivity contribution in [1.82, 2.24) is 14.5 Å². The molecule has 2 aliphatic rings. The van der Waals surface area contributed by atoms with Crippen molar-refractivity contribution in [1.29, 1.82) is 0 Å². The summed E-state index contributed by atoms with van der Waals surface area (Å²) < 4.78 is 15.9. The Balaban J connectivity index is 1.22. The summed E-state index contributed by atoms with van der Waals surface area (Å²) in [6, 6.07) is 14.5. The normalized spacial score (nSPS) is 17.4. The maximum Gasteiger partial charge on any atom is 0.293 e. The maximum atomic E-state index is 14.1. The molecule has 0 unspecified atom stereocenters. The molecule has 3 aromatic rings. The molecule has 1 aromatic heterocycles. The Bertz CT molecular complexity index is 1240. The van der Waals surface area contributed by atoms with Crippen LogP contribution in [0.5, 0.6) is 0 Å². The van der Waals surface area contributed by atoms with Crippen LogP contribution in [0.3, 0.4) is 0 Å². The molecule has 1 amide bonds. The number of hydrogen-bond donors (Lipinski definition) is 0. The van der Waals surface area contributed by atoms with Gasteiger partial charge in [-0.2, -0.15) is 0 Å². The summed E-state index contributed by atoms with van der Waals surface area (Å²) in [5, 5.41) is 0. The lowest BCUT2D eigenvalue weighted by Crippen LogP contribution is -2.52. The third kappa shape index (κ3) is 4.13. The van der Waals surface area contributed by atoms with Crippen LogP contribution in [-0.2, 0) is 11.3 Å². The van der Waals surface area contributed by atoms with E-state index in [0.29, 0.717) is 70.2 Å². The van der Waals surface area contributed by atoms with Gasteiger partial charge in [-0.3, -0.25) is 9.59 Å². The molecule has 0 radical (unpaired) electrons. The number of anilines is 2. The van der Waals surface area contributed by atoms with E-state index in [1.165, 1.54) is 6.07 Å². The SMILES string of the molecule is CCn1c(=O)c(N2CCC(C(=O)N3CCN(c4ccccc4F)CC3)CC2)nc2ccccc21. The second-order valence-corrected chi connectivity index (χ2v) is 9.00. The van der Waals surface area contributed by atoms with E-state index >= 15 is 0 Å². The second kappa shape index (κ2) is 9.44. The van der Waals surface area contributed by atoms with Crippen molar-refractivity contribution in [2.24, 2.45) is 5.92 Å². The van der Waals surface area contributed by atoms with Gasteiger partial charge < -0.3 is 19.3 Å². The first-order valence-electron chi connectivity index (χ1n) is 12.1. The molecule has 0 N–H and O–H groups in total. The number of carbonyl (C=O) groups is 1. The fourth-order valence-corrected chi connectivity index (χ4v) is 5.17. The number of benzene rings is 2. The van der Waals surface area contributed by atoms with Gasteiger partial charge >= 0.3 is 0 Å². The molecule has 0 aliphatic carbocycles. The number of carbonyl (C=O) groups excluding carboxylic acids is 1. The van der Waals surface area contributed by atoms with Gasteiger partial charge in [-0.05, 0) is 44.0 Å². The minimum absolute atomic E-state index is 0.0508. The summed E-state index contributed by atoms with van der Waals surface area (Å²) in [6.45, 7) is 6.27. The van der Waals surface area contributed by atoms with E-state index < -0.39 is 0 Å². The highest BCUT2D eigenvalue weighted by Crippen LogP contribution is 2.25. The lowest BCUT2D eigenvalue weighted by molar-refractivity contribution is -0.136. The fraction of sp³-hybridized carbons (Fsp3) is 0.423. The van der Waals surface area contributed by atoms with Crippen molar-refractivity contribution < 1.29 is 9.18 Å². The minimum atomic E-state index is -0.223. The number of aromatic nitrogens is 2. The molecular weight excluding hydrogens is 433 g/mol. The van der Waals surface area contributed by atoms with E-state index in [1.807, 2.05) is 52.0 Å². The smallest absolute Gasteiger partial charge is 0.293 e. The van der Waals surface area contributed by atoms with Crippen LogP contribution >= 0.6 is 0 Å². The fourth-order valence-electron chi connectivity index (χ4n) is 5.17. The Labute approximate surface area is 198 Å². The zero-order valence-corrected chi connectivity index (χ0v) is 19.5. The first kappa shape index (κ1) is 22.4. The molecule has 0 spiro atoms. The van der Waals surface area contributed by atoms with E-state index in [0.717, 1.165) is 11.0 Å². The van der Waals surface area contributed by atoms with E-state index in [1.54, 1.807) is 16.7 Å². The predicted molar refractivity (Wildman–Crippen MR) is 132 cm³/mol. The quantitative estimate of drug-likeness (QED) is 0.595. The molecule has 7 nitrogen and oxygen atoms in total. The van der Waals surface area contributed by atoms with Crippen molar-refractivity contribution in [3.63, 3.8) is 0 Å². The van der Waals surface area contributed by atoms with Crippen LogP contribution in [0.2, 0.25) is 0 Å². The summed E-state index contributed by atoms with van der Waals surface area (Å²) in [5.41, 5.74) is 2.18. The number of fused-ring (bicyclic) bond motifs is 1. The Hall–Kier alpha value is -3.42. The molecule has 0 atom stereocenters. The third-order valence-electron chi connectivity index (χ3n) is 7.08. The van der Waals surface area contributed by atoms with Crippen LogP contribution in [0.1, 0.15) is 19.8 Å². The zero-order chi connectivity index (χ0) is 23.7. The van der Waals surface area contributed by atoms with Gasteiger partial charge in [-0.1, -0.05) is 24.3 Å². The topological polar surface area (TPSA) is 61.7 Å². The minimum Gasteiger partial charge on any atom is -0.366 e. The zero-order valence-electron chi connectivity index (χ0n) is 19.5. The molecule has 178 valence electrons. The van der Waals surface area contributed by atoms with Crippen LogP contribution in [0.25, 0.3) is 11.0 Å². The van der Waals surface area contributed by atoms with E-state index in [9.17, 15) is 14.0 Å². The molecule has 5 rings (SSSR count). The number of hydrogen-bond acceptors (Lipinski definition) is 5. The monoisotopic (exact) mass is 463 g/mol. The Kier molecular flexibility index (Phi) is 6.22. The van der Waals surface area contributed by atoms with E-state index in [2.05, 4.69) is 4.98 Å². The summed E-state index contributed by atoms with van der Waals surface area (Å²) in [5.74, 6) is 0.374. The second-order valence-electron chi connectivity index (χ2n) is 9.00. The molecule has 8 heteroatoms. The molecule has 34 heavy (non-hydrogen) atoms. The number of nitrogens with zero attached hydrogens (tertiary/aromatic N) is 5. The summed E-state index contributed by atoms with van der Waals surface area (Å²) >= 11 is 0. The van der Waals surface area contributed by atoms with Gasteiger partial charge in [0.2, 0.25) is 5.91 Å². The molecule has 2 aliphatic heterocycles. The molecule has 0 saturated carbocycles. The van der Waals surface area contributed by atoms with Crippen LogP contribution in [0.4, 0.5) is 15.9 Å². The van der Waals surface area contributed by atoms with Gasteiger partial charge in [0, 0.05) is 51.7 Å². The number of halogens is 1. The number of piperidine rings is 1. The van der Waals surface area contributed by atoms with Crippen LogP contribution in [0.15, 0.2) is 53.3 Å². The van der Waals surface area contributed by atoms with Crippen molar-refractivity contribution in [3.8, 4) is 0 Å². The molecule has 2 fully saturated rings. The van der Waals surface area contributed by atoms with Crippen LogP contribution in [0, 0.1) is 11.7 Å². The Morgan fingerprint density at radius 1 is 0.941 bits per heavy atom. The number of amides is 1. The molecular formula is C26H30FN5O2. The highest BCUT2D eigenvalue weighted by atomic mass is 19.1. The first-order valence-corrected chi connectivity index (χ1v) is 12.1. The molecule has 2 aromatic carbocycles. The van der Waals surface area contributed by atoms with Gasteiger partial charge in [-0.15, -0.1) is 0 Å². The maximum absolute atomic E-state index is 14.1. The molecule has 0 bridgehead atoms. The molecule has 2 saturated heterocycles. The lowest BCUT2D eigenvalue weighted by atomic mass is 9.95. The van der Waals surface area contributed by atoms with Crippen LogP contribution in [-0.4, -0.2) is 59.6 Å². The van der Waals surface area contributed by atoms with Crippen molar-refractivity contribution in [3.05, 3.63) is 64.7 Å². The first-order chi connectivity index (χ1) is 16.6. The van der Waals surface area contributed by atoms with Gasteiger partial charge in [-0.25, -0.2) is 9.37 Å². The lowest BCUT2D eigenvalue weighted by Gasteiger charge is -2.39. The standard InChI is InChI=1S/C26H30FN5O2/c1-2-32-23-10-6-4-8-21(23)28-24(26(32)34)30-13-11-19(12-14-30)25(33)31-17-15-29(16-18-31)22-9-5-3-7-20(22)27/h3-10,19H,2,11-18H2,1H3. The Morgan fingerprint density at radius 3 is 2.32 bits per heavy atom. The van der Waals surface area contributed by atoms with Crippen molar-refractivity contribution in [2.45, 2.75) is 26.3 Å². The van der Waals surface area contributed by atoms with Gasteiger partial charge in [0.1, 0.15) is 5.82 Å². The number of para-hydroxylation sites is 3.